The van der Waals surface area contributed by atoms with Crippen LogP contribution in [-0.4, -0.2) is 42.2 Å². The molecule has 5 nitrogen and oxygen atoms in total. The summed E-state index contributed by atoms with van der Waals surface area (Å²) in [6.45, 7) is 1.77. The van der Waals surface area contributed by atoms with Crippen LogP contribution in [0.3, 0.4) is 0 Å². The smallest absolute Gasteiger partial charge is 0.154 e. The predicted octanol–water partition coefficient (Wildman–Crippen LogP) is 2.13. The van der Waals surface area contributed by atoms with Crippen LogP contribution in [0.25, 0.3) is 5.69 Å². The summed E-state index contributed by atoms with van der Waals surface area (Å²) >= 11 is 1.33. The maximum atomic E-state index is 11.3. The molecule has 0 saturated carbocycles. The van der Waals surface area contributed by atoms with Crippen molar-refractivity contribution in [2.45, 2.75) is 11.9 Å². The maximum Gasteiger partial charge on any atom is 0.154 e. The molecule has 0 aliphatic carbocycles. The summed E-state index contributed by atoms with van der Waals surface area (Å²) in [6, 6.07) is 9.45. The summed E-state index contributed by atoms with van der Waals surface area (Å²) < 4.78 is 24.1. The Labute approximate surface area is 128 Å². The van der Waals surface area contributed by atoms with Gasteiger partial charge in [-0.25, -0.2) is 13.1 Å². The van der Waals surface area contributed by atoms with Crippen molar-refractivity contribution in [2.24, 2.45) is 0 Å². The topological polar surface area (TPSA) is 69.0 Å². The number of aryl methyl sites for hydroxylation is 1. The van der Waals surface area contributed by atoms with Crippen LogP contribution < -0.4 is 0 Å². The molecule has 0 amide bonds. The molecule has 0 aliphatic rings. The molecule has 0 radical (unpaired) electrons. The average molecular weight is 324 g/mol. The molecule has 1 aromatic carbocycles. The molecule has 0 N–H and O–H groups in total. The van der Waals surface area contributed by atoms with Crippen molar-refractivity contribution in [1.29, 1.82) is 0 Å². The largest absolute Gasteiger partial charge is 0.298 e. The number of sulfone groups is 1. The monoisotopic (exact) mass is 324 g/mol. The zero-order valence-corrected chi connectivity index (χ0v) is 13.4. The number of thioether (sulfide) groups is 1. The standard InChI is InChI=1S/C14H16N2O3S2/c1-11-13(10-17)14(20-8-9-21(2,18)19)16(15-11)12-6-4-3-5-7-12/h3-7,10H,8-9H2,1-2H3. The van der Waals surface area contributed by atoms with E-state index in [0.29, 0.717) is 22.0 Å². The molecule has 0 aliphatic heterocycles. The van der Waals surface area contributed by atoms with E-state index in [2.05, 4.69) is 5.10 Å². The Kier molecular flexibility index (Phi) is 4.84. The fourth-order valence-corrected chi connectivity index (χ4v) is 4.18. The van der Waals surface area contributed by atoms with E-state index in [-0.39, 0.29) is 5.75 Å². The quantitative estimate of drug-likeness (QED) is 0.601. The Morgan fingerprint density at radius 2 is 1.95 bits per heavy atom. The summed E-state index contributed by atoms with van der Waals surface area (Å²) in [5.74, 6) is 0.451. The second kappa shape index (κ2) is 6.44. The van der Waals surface area contributed by atoms with Gasteiger partial charge >= 0.3 is 0 Å². The number of rotatable bonds is 6. The van der Waals surface area contributed by atoms with Gasteiger partial charge in [-0.15, -0.1) is 11.8 Å². The van der Waals surface area contributed by atoms with E-state index in [4.69, 9.17) is 0 Å². The van der Waals surface area contributed by atoms with E-state index < -0.39 is 9.84 Å². The van der Waals surface area contributed by atoms with Gasteiger partial charge in [-0.05, 0) is 19.1 Å². The van der Waals surface area contributed by atoms with Gasteiger partial charge in [0.1, 0.15) is 14.9 Å². The predicted molar refractivity (Wildman–Crippen MR) is 84.1 cm³/mol. The molecule has 0 spiro atoms. The number of hydrogen-bond acceptors (Lipinski definition) is 5. The summed E-state index contributed by atoms with van der Waals surface area (Å²) in [4.78, 5) is 11.3. The van der Waals surface area contributed by atoms with Gasteiger partial charge in [-0.2, -0.15) is 5.10 Å². The minimum Gasteiger partial charge on any atom is -0.298 e. The highest BCUT2D eigenvalue weighted by Gasteiger charge is 2.17. The first-order valence-electron chi connectivity index (χ1n) is 6.33. The van der Waals surface area contributed by atoms with Gasteiger partial charge in [-0.3, -0.25) is 4.79 Å². The van der Waals surface area contributed by atoms with Crippen molar-refractivity contribution in [3.05, 3.63) is 41.6 Å². The number of carbonyl (C=O) groups excluding carboxylic acids is 1. The number of benzene rings is 1. The molecule has 1 heterocycles. The van der Waals surface area contributed by atoms with Crippen molar-refractivity contribution >= 4 is 27.9 Å². The van der Waals surface area contributed by atoms with Crippen LogP contribution in [0.1, 0.15) is 16.1 Å². The molecule has 0 atom stereocenters. The molecule has 0 bridgehead atoms. The second-order valence-corrected chi connectivity index (χ2v) is 7.99. The van der Waals surface area contributed by atoms with Crippen LogP contribution in [0, 0.1) is 6.92 Å². The number of carbonyl (C=O) groups is 1. The van der Waals surface area contributed by atoms with E-state index in [1.165, 1.54) is 18.0 Å². The SMILES string of the molecule is Cc1nn(-c2ccccc2)c(SCCS(C)(=O)=O)c1C=O. The van der Waals surface area contributed by atoms with Crippen LogP contribution in [0.5, 0.6) is 0 Å². The van der Waals surface area contributed by atoms with Crippen LogP contribution in [0.4, 0.5) is 0 Å². The lowest BCUT2D eigenvalue weighted by Gasteiger charge is -2.07. The van der Waals surface area contributed by atoms with Gasteiger partial charge in [0.15, 0.2) is 6.29 Å². The summed E-state index contributed by atoms with van der Waals surface area (Å²) in [7, 11) is -3.02. The Bertz CT molecular complexity index is 737. The third-order valence-electron chi connectivity index (χ3n) is 2.87. The van der Waals surface area contributed by atoms with Crippen molar-refractivity contribution in [3.8, 4) is 5.69 Å². The highest BCUT2D eigenvalue weighted by molar-refractivity contribution is 8.00. The number of aldehydes is 1. The lowest BCUT2D eigenvalue weighted by atomic mass is 10.3. The van der Waals surface area contributed by atoms with Crippen molar-refractivity contribution < 1.29 is 13.2 Å². The normalized spacial score (nSPS) is 11.5. The molecule has 2 aromatic rings. The maximum absolute atomic E-state index is 11.3. The Balaban J connectivity index is 2.36. The third-order valence-corrected chi connectivity index (χ3v) is 5.15. The van der Waals surface area contributed by atoms with Gasteiger partial charge in [0.2, 0.25) is 0 Å². The zero-order valence-electron chi connectivity index (χ0n) is 11.8. The fourth-order valence-electron chi connectivity index (χ4n) is 1.83. The van der Waals surface area contributed by atoms with Crippen LogP contribution in [0.2, 0.25) is 0 Å². The number of hydrogen-bond donors (Lipinski definition) is 0. The van der Waals surface area contributed by atoms with E-state index in [9.17, 15) is 13.2 Å². The summed E-state index contributed by atoms with van der Waals surface area (Å²) in [5, 5.41) is 5.06. The van der Waals surface area contributed by atoms with E-state index in [1.54, 1.807) is 11.6 Å². The first kappa shape index (κ1) is 15.8. The molecule has 0 unspecified atom stereocenters. The van der Waals surface area contributed by atoms with Gasteiger partial charge in [-0.1, -0.05) is 18.2 Å². The highest BCUT2D eigenvalue weighted by atomic mass is 32.2. The Morgan fingerprint density at radius 1 is 1.29 bits per heavy atom. The first-order chi connectivity index (χ1) is 9.92. The van der Waals surface area contributed by atoms with Crippen molar-refractivity contribution in [2.75, 3.05) is 17.8 Å². The minimum atomic E-state index is -3.02. The van der Waals surface area contributed by atoms with Gasteiger partial charge in [0.05, 0.1) is 22.7 Å². The summed E-state index contributed by atoms with van der Waals surface area (Å²) in [5.41, 5.74) is 1.99. The van der Waals surface area contributed by atoms with Gasteiger partial charge in [0, 0.05) is 12.0 Å². The minimum absolute atomic E-state index is 0.0645. The van der Waals surface area contributed by atoms with E-state index in [0.717, 1.165) is 12.0 Å². The van der Waals surface area contributed by atoms with Crippen LogP contribution in [-0.2, 0) is 9.84 Å². The Morgan fingerprint density at radius 3 is 2.52 bits per heavy atom. The second-order valence-electron chi connectivity index (χ2n) is 4.65. The van der Waals surface area contributed by atoms with E-state index in [1.807, 2.05) is 30.3 Å². The number of aromatic nitrogens is 2. The molecule has 2 rings (SSSR count). The molecule has 0 fully saturated rings. The molecule has 0 saturated heterocycles. The average Bonchev–Trinajstić information content (AvgIpc) is 2.74. The number of para-hydroxylation sites is 1. The highest BCUT2D eigenvalue weighted by Crippen LogP contribution is 2.27. The van der Waals surface area contributed by atoms with E-state index >= 15 is 0 Å². The lowest BCUT2D eigenvalue weighted by Crippen LogP contribution is -2.06. The number of nitrogens with zero attached hydrogens (tertiary/aromatic N) is 2. The molecule has 21 heavy (non-hydrogen) atoms. The van der Waals surface area contributed by atoms with Crippen LogP contribution >= 0.6 is 11.8 Å². The molecule has 7 heteroatoms. The molecule has 1 aromatic heterocycles. The lowest BCUT2D eigenvalue weighted by molar-refractivity contribution is 0.112. The van der Waals surface area contributed by atoms with Crippen molar-refractivity contribution in [1.82, 2.24) is 9.78 Å². The van der Waals surface area contributed by atoms with Gasteiger partial charge < -0.3 is 0 Å². The van der Waals surface area contributed by atoms with Crippen LogP contribution in [0.15, 0.2) is 35.4 Å². The molecular formula is C14H16N2O3S2. The first-order valence-corrected chi connectivity index (χ1v) is 9.38. The Hall–Kier alpha value is -1.60. The fraction of sp³-hybridized carbons (Fsp3) is 0.286. The molecular weight excluding hydrogens is 308 g/mol. The zero-order chi connectivity index (χ0) is 15.5. The van der Waals surface area contributed by atoms with Crippen molar-refractivity contribution in [3.63, 3.8) is 0 Å². The molecule has 112 valence electrons. The third kappa shape index (κ3) is 3.95. The van der Waals surface area contributed by atoms with Gasteiger partial charge in [0.25, 0.3) is 0 Å². The summed E-state index contributed by atoms with van der Waals surface area (Å²) in [6.07, 6.45) is 1.97.